The molecule has 12 aromatic rings. The van der Waals surface area contributed by atoms with Crippen molar-refractivity contribution in [3.8, 4) is 71.0 Å². The average Bonchev–Trinajstić information content (AvgIpc) is 4.20. The van der Waals surface area contributed by atoms with Gasteiger partial charge in [0.15, 0.2) is 0 Å². The fourth-order valence-corrected chi connectivity index (χ4v) is 26.7. The Morgan fingerprint density at radius 1 is 0.421 bits per heavy atom. The molecule has 0 bridgehead atoms. The van der Waals surface area contributed by atoms with E-state index in [-0.39, 0.29) is 19.7 Å². The zero-order valence-electron chi connectivity index (χ0n) is 42.8. The zero-order valence-corrected chi connectivity index (χ0v) is 57.0. The van der Waals surface area contributed by atoms with E-state index in [1.165, 1.54) is 139 Å². The van der Waals surface area contributed by atoms with Crippen molar-refractivity contribution in [3.05, 3.63) is 142 Å². The summed E-state index contributed by atoms with van der Waals surface area (Å²) in [5, 5.41) is 0. The summed E-state index contributed by atoms with van der Waals surface area (Å²) >= 11 is 22.9. The largest absolute Gasteiger partial charge is 0.172 e. The van der Waals surface area contributed by atoms with Crippen LogP contribution in [0, 0.1) is 20.8 Å². The Hall–Kier alpha value is -2.56. The SMILES string of the molecule is C.CC1(C)Cc2cc(Br)sc2-c2sc(Br)cc21.Cc1ccc(-c2ccc(-c3cc[c]([Sn]([CH3])([CH3])[CH3])s3)c3nsnc23)s1.Cc1ccc(-c2ccc(-c3ccc(-c4cc5c(s4)-c4sc(C)cc4CC5(C)C)s3)c3nsnc23)s1.[HH]. The quantitative estimate of drug-likeness (QED) is 0.156. The molecule has 0 aliphatic heterocycles. The Morgan fingerprint density at radius 2 is 0.842 bits per heavy atom. The van der Waals surface area contributed by atoms with Crippen LogP contribution in [0.4, 0.5) is 0 Å². The van der Waals surface area contributed by atoms with Gasteiger partial charge in [0, 0.05) is 61.3 Å². The minimum Gasteiger partial charge on any atom is -0.172 e. The van der Waals surface area contributed by atoms with Gasteiger partial charge in [-0.05, 0) is 140 Å². The Balaban J connectivity index is 0.000000139. The van der Waals surface area contributed by atoms with Crippen LogP contribution in [-0.2, 0) is 23.7 Å². The van der Waals surface area contributed by atoms with Crippen LogP contribution >= 0.6 is 146 Å². The molecular formula is C59H56Br2N4S10Sn. The number of aromatic nitrogens is 4. The summed E-state index contributed by atoms with van der Waals surface area (Å²) < 4.78 is 22.7. The number of benzene rings is 2. The van der Waals surface area contributed by atoms with Gasteiger partial charge in [0.2, 0.25) is 0 Å². The first-order valence-electron chi connectivity index (χ1n) is 24.5. The van der Waals surface area contributed by atoms with Crippen molar-refractivity contribution in [3.63, 3.8) is 0 Å². The van der Waals surface area contributed by atoms with Crippen molar-refractivity contribution < 1.29 is 1.43 Å². The number of fused-ring (bicyclic) bond motifs is 8. The first kappa shape index (κ1) is 55.4. The van der Waals surface area contributed by atoms with Gasteiger partial charge in [-0.1, -0.05) is 47.3 Å². The van der Waals surface area contributed by atoms with E-state index < -0.39 is 18.4 Å². The monoisotopic (exact) mass is 1420 g/mol. The predicted octanol–water partition coefficient (Wildman–Crippen LogP) is 22.8. The molecule has 10 heterocycles. The standard InChI is InChI=1S/C28H22N2S5.C15H9N2S3.C12H10Br2S2.CH4.3CH3.Sn.H2/c1-14-5-8-20(31-14)17-6-7-18(25-24(17)29-35-30-25)21-9-10-22(33-21)23-12-19-27(34-23)26-16(11-15(2)32-26)13-28(19,3)4;1-9-4-7-13(19-9)11-6-5-10(12-3-2-8-18-12)14-15(11)17-20-16-14;1-12(2)5-6-3-8(13)15-10(6)11-7(12)4-9(14)16-11;;;;;;/h5-12H,13H2,1-4H3;2-7H,1H3;3-4H,5H2,1-2H3;1H4;3*1H3;;1H. The predicted molar refractivity (Wildman–Crippen MR) is 357 cm³/mol. The Morgan fingerprint density at radius 3 is 1.36 bits per heavy atom. The number of nitrogens with zero attached hydrogens (tertiary/aromatic N) is 4. The van der Waals surface area contributed by atoms with Crippen LogP contribution in [0.1, 0.15) is 73.4 Å². The molecule has 2 aliphatic carbocycles. The molecule has 0 amide bonds. The molecule has 0 unspecified atom stereocenters. The van der Waals surface area contributed by atoms with Crippen molar-refractivity contribution >= 4 is 189 Å². The van der Waals surface area contributed by atoms with Gasteiger partial charge in [0.25, 0.3) is 0 Å². The Kier molecular flexibility index (Phi) is 15.6. The zero-order chi connectivity index (χ0) is 52.3. The molecular weight excluding hydrogens is 1360 g/mol. The van der Waals surface area contributed by atoms with Crippen LogP contribution in [0.15, 0.2) is 105 Å². The van der Waals surface area contributed by atoms with Crippen molar-refractivity contribution in [2.45, 2.75) is 94.4 Å². The van der Waals surface area contributed by atoms with Crippen molar-refractivity contribution in [1.29, 1.82) is 0 Å². The van der Waals surface area contributed by atoms with E-state index in [9.17, 15) is 0 Å². The Bertz CT molecular complexity index is 4120. The Labute approximate surface area is 508 Å². The molecule has 0 saturated carbocycles. The molecule has 0 N–H and O–H groups in total. The molecule has 0 saturated heterocycles. The number of aryl methyl sites for hydroxylation is 3. The van der Waals surface area contributed by atoms with E-state index in [2.05, 4.69) is 205 Å². The van der Waals surface area contributed by atoms with Gasteiger partial charge in [-0.25, -0.2) is 0 Å². The van der Waals surface area contributed by atoms with Crippen molar-refractivity contribution in [2.24, 2.45) is 0 Å². The van der Waals surface area contributed by atoms with Gasteiger partial charge in [0.1, 0.15) is 11.0 Å². The molecule has 2 aromatic carbocycles. The summed E-state index contributed by atoms with van der Waals surface area (Å²) in [6, 6.07) is 36.2. The minimum absolute atomic E-state index is 0. The van der Waals surface area contributed by atoms with Gasteiger partial charge < -0.3 is 0 Å². The van der Waals surface area contributed by atoms with Crippen LogP contribution in [0.3, 0.4) is 0 Å². The van der Waals surface area contributed by atoms with Gasteiger partial charge >= 0.3 is 159 Å². The molecule has 390 valence electrons. The maximum absolute atomic E-state index is 4.72. The number of hydrogen-bond acceptors (Lipinski definition) is 14. The maximum atomic E-state index is 4.72. The van der Waals surface area contributed by atoms with Gasteiger partial charge in [-0.15, -0.1) is 68.0 Å². The van der Waals surface area contributed by atoms with E-state index in [1.54, 1.807) is 2.89 Å². The summed E-state index contributed by atoms with van der Waals surface area (Å²) in [7, 11) is 0. The van der Waals surface area contributed by atoms with E-state index in [1.807, 2.05) is 90.7 Å². The van der Waals surface area contributed by atoms with Crippen molar-refractivity contribution in [2.75, 3.05) is 0 Å². The molecule has 17 heteroatoms. The van der Waals surface area contributed by atoms with E-state index >= 15 is 0 Å². The summed E-state index contributed by atoms with van der Waals surface area (Å²) in [5.41, 5.74) is 15.3. The van der Waals surface area contributed by atoms with Crippen LogP contribution in [0.5, 0.6) is 0 Å². The van der Waals surface area contributed by atoms with Gasteiger partial charge in [0.05, 0.1) is 19.3 Å². The molecule has 0 radical (unpaired) electrons. The van der Waals surface area contributed by atoms with Gasteiger partial charge in [-0.3, -0.25) is 0 Å². The molecule has 76 heavy (non-hydrogen) atoms. The van der Waals surface area contributed by atoms with E-state index in [0.717, 1.165) is 34.9 Å². The fraction of sp³-hybridized carbons (Fsp3) is 0.254. The molecule has 0 spiro atoms. The number of halogens is 2. The summed E-state index contributed by atoms with van der Waals surface area (Å²) in [5.74, 6) is 0. The maximum Gasteiger partial charge on any atom is 0.114 e. The molecule has 2 aliphatic rings. The number of rotatable bonds is 6. The van der Waals surface area contributed by atoms with Crippen LogP contribution in [0.2, 0.25) is 14.8 Å². The van der Waals surface area contributed by atoms with Crippen molar-refractivity contribution in [1.82, 2.24) is 17.5 Å². The van der Waals surface area contributed by atoms with E-state index in [0.29, 0.717) is 0 Å². The van der Waals surface area contributed by atoms with Crippen LogP contribution in [0.25, 0.3) is 93.1 Å². The molecule has 4 nitrogen and oxygen atoms in total. The normalized spacial score (nSPS) is 14.1. The first-order chi connectivity index (χ1) is 35.8. The molecule has 0 atom stereocenters. The van der Waals surface area contributed by atoms with Crippen LogP contribution < -0.4 is 2.89 Å². The summed E-state index contributed by atoms with van der Waals surface area (Å²) in [4.78, 5) is 25.1. The second kappa shape index (κ2) is 21.4. The topological polar surface area (TPSA) is 51.6 Å². The molecule has 0 fully saturated rings. The molecule has 10 aromatic heterocycles. The second-order valence-electron chi connectivity index (χ2n) is 21.5. The number of thiophene rings is 8. The second-order valence-corrected chi connectivity index (χ2v) is 49.9. The molecule has 14 rings (SSSR count). The fourth-order valence-electron chi connectivity index (χ4n) is 10.2. The smallest absolute Gasteiger partial charge is 0.114 e. The number of hydrogen-bond donors (Lipinski definition) is 0. The third-order valence-corrected chi connectivity index (χ3v) is 34.8. The average molecular weight is 1420 g/mol. The minimum atomic E-state index is -2.01. The summed E-state index contributed by atoms with van der Waals surface area (Å²) in [6.07, 6.45) is 2.26. The summed E-state index contributed by atoms with van der Waals surface area (Å²) in [6.45, 7) is 16.0. The van der Waals surface area contributed by atoms with Crippen LogP contribution in [-0.4, -0.2) is 35.9 Å². The third-order valence-electron chi connectivity index (χ3n) is 13.8. The first-order valence-corrected chi connectivity index (χ1v) is 44.0. The third kappa shape index (κ3) is 10.5. The van der Waals surface area contributed by atoms with E-state index in [4.69, 9.17) is 4.37 Å². The van der Waals surface area contributed by atoms with Gasteiger partial charge in [-0.2, -0.15) is 8.75 Å².